The van der Waals surface area contributed by atoms with Crippen molar-refractivity contribution < 1.29 is 0 Å². The van der Waals surface area contributed by atoms with Gasteiger partial charge in [0.2, 0.25) is 0 Å². The normalized spacial score (nSPS) is 10.9. The molecule has 1 aromatic carbocycles. The molecule has 0 fully saturated rings. The monoisotopic (exact) mass is 279 g/mol. The molecule has 2 aromatic rings. The Balaban J connectivity index is 2.39. The van der Waals surface area contributed by atoms with Gasteiger partial charge in [-0.2, -0.15) is 0 Å². The number of aliphatic imine (C=N–C) groups is 1. The molecule has 0 unspecified atom stereocenters. The van der Waals surface area contributed by atoms with E-state index in [1.54, 1.807) is 6.20 Å². The molecule has 3 heteroatoms. The number of rotatable bonds is 4. The van der Waals surface area contributed by atoms with Crippen molar-refractivity contribution in [2.24, 2.45) is 4.99 Å². The molecule has 0 saturated heterocycles. The highest BCUT2D eigenvalue weighted by Gasteiger charge is 2.09. The highest BCUT2D eigenvalue weighted by molar-refractivity contribution is 5.86. The Bertz CT molecular complexity index is 683. The average Bonchev–Trinajstić information content (AvgIpc) is 2.47. The number of hydrogen-bond acceptors (Lipinski definition) is 3. The van der Waals surface area contributed by atoms with Gasteiger partial charge in [-0.1, -0.05) is 12.6 Å². The first-order valence-corrected chi connectivity index (χ1v) is 6.97. The first-order chi connectivity index (χ1) is 10.0. The second kappa shape index (κ2) is 6.35. The van der Waals surface area contributed by atoms with Crippen LogP contribution in [0.3, 0.4) is 0 Å². The number of benzene rings is 1. The number of nitrogens with zero attached hydrogens (tertiary/aromatic N) is 2. The van der Waals surface area contributed by atoms with E-state index in [2.05, 4.69) is 54.8 Å². The van der Waals surface area contributed by atoms with E-state index < -0.39 is 0 Å². The van der Waals surface area contributed by atoms with Crippen LogP contribution in [0, 0.1) is 27.7 Å². The van der Waals surface area contributed by atoms with Crippen LogP contribution in [-0.4, -0.2) is 11.2 Å². The van der Waals surface area contributed by atoms with Gasteiger partial charge in [0.15, 0.2) is 0 Å². The average molecular weight is 279 g/mol. The second-order valence-electron chi connectivity index (χ2n) is 5.21. The van der Waals surface area contributed by atoms with Crippen LogP contribution in [0.2, 0.25) is 0 Å². The highest BCUT2D eigenvalue weighted by atomic mass is 15.0. The summed E-state index contributed by atoms with van der Waals surface area (Å²) in [5.41, 5.74) is 6.98. The third-order valence-electron chi connectivity index (χ3n) is 3.64. The molecule has 0 saturated carbocycles. The molecule has 21 heavy (non-hydrogen) atoms. The van der Waals surface area contributed by atoms with Crippen molar-refractivity contribution in [3.05, 3.63) is 65.0 Å². The summed E-state index contributed by atoms with van der Waals surface area (Å²) in [5.74, 6) is 0.856. The third kappa shape index (κ3) is 3.37. The molecule has 0 amide bonds. The van der Waals surface area contributed by atoms with E-state index in [1.807, 2.05) is 25.4 Å². The fraction of sp³-hybridized carbons (Fsp3) is 0.222. The lowest BCUT2D eigenvalue weighted by molar-refractivity contribution is 1.23. The zero-order chi connectivity index (χ0) is 15.4. The standard InChI is InChI=1S/C18H21N3/c1-6-19-11-16-13(3)9-17(15(5)14(16)4)21-18-8-7-12(2)10-20-18/h6-11H,1H2,2-5H3,(H,20,21). The number of anilines is 2. The molecule has 3 nitrogen and oxygen atoms in total. The van der Waals surface area contributed by atoms with Gasteiger partial charge in [0, 0.05) is 24.3 Å². The van der Waals surface area contributed by atoms with Crippen molar-refractivity contribution in [3.8, 4) is 0 Å². The molecule has 108 valence electrons. The molecule has 0 atom stereocenters. The van der Waals surface area contributed by atoms with Gasteiger partial charge in [0.1, 0.15) is 5.82 Å². The summed E-state index contributed by atoms with van der Waals surface area (Å²) in [6.07, 6.45) is 5.28. The molecular formula is C18H21N3. The number of hydrogen-bond donors (Lipinski definition) is 1. The topological polar surface area (TPSA) is 37.3 Å². The fourth-order valence-electron chi connectivity index (χ4n) is 2.24. The van der Waals surface area contributed by atoms with Crippen molar-refractivity contribution in [1.82, 2.24) is 4.98 Å². The summed E-state index contributed by atoms with van der Waals surface area (Å²) < 4.78 is 0. The first-order valence-electron chi connectivity index (χ1n) is 6.97. The Morgan fingerprint density at radius 1 is 1.14 bits per heavy atom. The minimum atomic E-state index is 0.856. The maximum atomic E-state index is 4.40. The Kier molecular flexibility index (Phi) is 4.53. The maximum absolute atomic E-state index is 4.40. The molecule has 0 spiro atoms. The van der Waals surface area contributed by atoms with Crippen LogP contribution in [0.1, 0.15) is 27.8 Å². The Hall–Kier alpha value is -2.42. The first kappa shape index (κ1) is 15.0. The van der Waals surface area contributed by atoms with E-state index >= 15 is 0 Å². The lowest BCUT2D eigenvalue weighted by Gasteiger charge is -2.15. The predicted molar refractivity (Wildman–Crippen MR) is 90.7 cm³/mol. The summed E-state index contributed by atoms with van der Waals surface area (Å²) >= 11 is 0. The molecule has 0 bridgehead atoms. The minimum absolute atomic E-state index is 0.856. The summed E-state index contributed by atoms with van der Waals surface area (Å²) in [4.78, 5) is 8.53. The Labute approximate surface area is 126 Å². The van der Waals surface area contributed by atoms with Crippen LogP contribution >= 0.6 is 0 Å². The van der Waals surface area contributed by atoms with Crippen molar-refractivity contribution in [2.45, 2.75) is 27.7 Å². The van der Waals surface area contributed by atoms with Crippen LogP contribution in [0.25, 0.3) is 0 Å². The number of pyridine rings is 1. The van der Waals surface area contributed by atoms with Gasteiger partial charge >= 0.3 is 0 Å². The predicted octanol–water partition coefficient (Wildman–Crippen LogP) is 4.62. The third-order valence-corrected chi connectivity index (χ3v) is 3.64. The molecule has 0 aliphatic heterocycles. The van der Waals surface area contributed by atoms with Crippen molar-refractivity contribution in [1.29, 1.82) is 0 Å². The lowest BCUT2D eigenvalue weighted by atomic mass is 9.97. The molecule has 0 aliphatic carbocycles. The van der Waals surface area contributed by atoms with Crippen LogP contribution in [0.5, 0.6) is 0 Å². The summed E-state index contributed by atoms with van der Waals surface area (Å²) in [7, 11) is 0. The molecule has 1 heterocycles. The van der Waals surface area contributed by atoms with E-state index in [9.17, 15) is 0 Å². The smallest absolute Gasteiger partial charge is 0.130 e. The highest BCUT2D eigenvalue weighted by Crippen LogP contribution is 2.27. The second-order valence-corrected chi connectivity index (χ2v) is 5.21. The van der Waals surface area contributed by atoms with Gasteiger partial charge in [-0.15, -0.1) is 0 Å². The zero-order valence-corrected chi connectivity index (χ0v) is 13.1. The zero-order valence-electron chi connectivity index (χ0n) is 13.1. The van der Waals surface area contributed by atoms with E-state index in [-0.39, 0.29) is 0 Å². The number of nitrogens with one attached hydrogen (secondary N) is 1. The van der Waals surface area contributed by atoms with E-state index in [1.165, 1.54) is 16.7 Å². The molecular weight excluding hydrogens is 258 g/mol. The van der Waals surface area contributed by atoms with Crippen LogP contribution in [-0.2, 0) is 0 Å². The van der Waals surface area contributed by atoms with Gasteiger partial charge < -0.3 is 5.32 Å². The van der Waals surface area contributed by atoms with Crippen LogP contribution < -0.4 is 5.32 Å². The molecule has 0 radical (unpaired) electrons. The van der Waals surface area contributed by atoms with Gasteiger partial charge in [-0.3, -0.25) is 4.99 Å². The molecule has 1 aromatic heterocycles. The SMILES string of the molecule is C=CN=Cc1c(C)cc(Nc2ccc(C)cn2)c(C)c1C. The van der Waals surface area contributed by atoms with Gasteiger partial charge in [-0.05, 0) is 67.6 Å². The van der Waals surface area contributed by atoms with Gasteiger partial charge in [0.05, 0.1) is 0 Å². The van der Waals surface area contributed by atoms with Crippen LogP contribution in [0.15, 0.2) is 42.2 Å². The Morgan fingerprint density at radius 3 is 2.52 bits per heavy atom. The fourth-order valence-corrected chi connectivity index (χ4v) is 2.24. The quantitative estimate of drug-likeness (QED) is 0.829. The summed E-state index contributed by atoms with van der Waals surface area (Å²) in [6, 6.07) is 6.18. The van der Waals surface area contributed by atoms with Gasteiger partial charge in [0.25, 0.3) is 0 Å². The minimum Gasteiger partial charge on any atom is -0.340 e. The number of aryl methyl sites for hydroxylation is 2. The van der Waals surface area contributed by atoms with Crippen molar-refractivity contribution >= 4 is 17.7 Å². The van der Waals surface area contributed by atoms with Crippen molar-refractivity contribution in [2.75, 3.05) is 5.32 Å². The van der Waals surface area contributed by atoms with E-state index in [0.29, 0.717) is 0 Å². The van der Waals surface area contributed by atoms with E-state index in [0.717, 1.165) is 22.6 Å². The van der Waals surface area contributed by atoms with Crippen LogP contribution in [0.4, 0.5) is 11.5 Å². The molecule has 0 aliphatic rings. The summed E-state index contributed by atoms with van der Waals surface area (Å²) in [6.45, 7) is 12.0. The Morgan fingerprint density at radius 2 is 1.90 bits per heavy atom. The van der Waals surface area contributed by atoms with Gasteiger partial charge in [-0.25, -0.2) is 4.98 Å². The molecule has 2 rings (SSSR count). The molecule has 1 N–H and O–H groups in total. The maximum Gasteiger partial charge on any atom is 0.130 e. The number of aromatic nitrogens is 1. The lowest BCUT2D eigenvalue weighted by Crippen LogP contribution is -2.02. The van der Waals surface area contributed by atoms with Crippen molar-refractivity contribution in [3.63, 3.8) is 0 Å². The summed E-state index contributed by atoms with van der Waals surface area (Å²) in [5, 5.41) is 3.39. The van der Waals surface area contributed by atoms with E-state index in [4.69, 9.17) is 0 Å². The largest absolute Gasteiger partial charge is 0.340 e.